The van der Waals surface area contributed by atoms with E-state index in [-0.39, 0.29) is 0 Å². The third-order valence-electron chi connectivity index (χ3n) is 16.5. The molecule has 1 aliphatic heterocycles. The Bertz CT molecular complexity index is 4600. The van der Waals surface area contributed by atoms with E-state index in [1.54, 1.807) is 0 Å². The van der Waals surface area contributed by atoms with E-state index in [0.29, 0.717) is 0 Å². The van der Waals surface area contributed by atoms with E-state index in [0.717, 1.165) is 45.0 Å². The molecule has 1 spiro atoms. The third-order valence-corrected chi connectivity index (χ3v) is 16.5. The molecule has 3 heterocycles. The van der Waals surface area contributed by atoms with E-state index >= 15 is 0 Å². The average molecular weight is 966 g/mol. The number of fused-ring (bicyclic) bond motifs is 15. The summed E-state index contributed by atoms with van der Waals surface area (Å²) in [6.45, 7) is 0. The predicted molar refractivity (Wildman–Crippen MR) is 317 cm³/mol. The molecule has 0 radical (unpaired) electrons. The second kappa shape index (κ2) is 16.5. The number of aromatic nitrogens is 2. The molecular formula is C73H47N3. The summed E-state index contributed by atoms with van der Waals surface area (Å²) < 4.78 is 4.93. The first kappa shape index (κ1) is 42.5. The summed E-state index contributed by atoms with van der Waals surface area (Å²) in [6.07, 6.45) is 0. The normalized spacial score (nSPS) is 14.1. The lowest BCUT2D eigenvalue weighted by Gasteiger charge is -2.39. The fourth-order valence-electron chi connectivity index (χ4n) is 13.4. The van der Waals surface area contributed by atoms with Crippen LogP contribution in [0, 0.1) is 0 Å². The minimum Gasteiger partial charge on any atom is -0.309 e. The molecule has 354 valence electrons. The van der Waals surface area contributed by atoms with Crippen LogP contribution in [-0.4, -0.2) is 9.13 Å². The Kier molecular flexibility index (Phi) is 9.25. The molecule has 0 bridgehead atoms. The van der Waals surface area contributed by atoms with E-state index < -0.39 is 5.41 Å². The fourth-order valence-corrected chi connectivity index (χ4v) is 13.4. The van der Waals surface area contributed by atoms with Gasteiger partial charge in [-0.2, -0.15) is 0 Å². The summed E-state index contributed by atoms with van der Waals surface area (Å²) in [7, 11) is 0. The lowest BCUT2D eigenvalue weighted by molar-refractivity contribution is 0.749. The molecule has 1 aliphatic carbocycles. The van der Waals surface area contributed by atoms with Crippen LogP contribution in [-0.2, 0) is 5.41 Å². The van der Waals surface area contributed by atoms with E-state index in [9.17, 15) is 0 Å². The molecule has 16 rings (SSSR count). The number of para-hydroxylation sites is 7. The first-order chi connectivity index (χ1) is 37.7. The summed E-state index contributed by atoms with van der Waals surface area (Å²) in [6, 6.07) is 106. The standard InChI is InChI=1S/C73H47N3/c1-2-20-48(21-3-1)49-22-18-23-50(46-49)54-24-5-12-34-66(54)74(52-41-43-53(44-42-52)75-68-36-14-7-27-58(68)59-28-8-15-37-69(59)75)67-35-13-6-25-55(67)51-40-45-57-56-26-4-10-31-62(56)73(65(57)47-51)63-32-11-17-39-71(63)76-70-38-16-9-29-60(70)61-30-19-33-64(73)72(61)76/h1-47H. The van der Waals surface area contributed by atoms with Crippen molar-refractivity contribution < 1.29 is 0 Å². The van der Waals surface area contributed by atoms with Crippen LogP contribution in [0.4, 0.5) is 17.1 Å². The van der Waals surface area contributed by atoms with E-state index in [1.807, 2.05) is 0 Å². The summed E-state index contributed by atoms with van der Waals surface area (Å²) in [5.41, 5.74) is 24.7. The van der Waals surface area contributed by atoms with E-state index in [2.05, 4.69) is 299 Å². The summed E-state index contributed by atoms with van der Waals surface area (Å²) in [4.78, 5) is 2.49. The van der Waals surface area contributed by atoms with Crippen LogP contribution < -0.4 is 4.90 Å². The Balaban J connectivity index is 0.925. The van der Waals surface area contributed by atoms with Gasteiger partial charge in [-0.05, 0) is 128 Å². The zero-order chi connectivity index (χ0) is 49.9. The lowest BCUT2D eigenvalue weighted by Crippen LogP contribution is -2.33. The van der Waals surface area contributed by atoms with Gasteiger partial charge in [0, 0.05) is 44.0 Å². The van der Waals surface area contributed by atoms with Gasteiger partial charge in [-0.3, -0.25) is 0 Å². The van der Waals surface area contributed by atoms with Crippen molar-refractivity contribution in [1.29, 1.82) is 0 Å². The van der Waals surface area contributed by atoms with Crippen molar-refractivity contribution in [2.24, 2.45) is 0 Å². The minimum atomic E-state index is -0.573. The average Bonchev–Trinajstić information content (AvgIpc) is 4.33. The highest BCUT2D eigenvalue weighted by molar-refractivity contribution is 6.13. The van der Waals surface area contributed by atoms with Crippen LogP contribution in [0.15, 0.2) is 285 Å². The molecule has 3 heteroatoms. The van der Waals surface area contributed by atoms with Gasteiger partial charge in [-0.1, -0.05) is 212 Å². The van der Waals surface area contributed by atoms with Gasteiger partial charge in [0.25, 0.3) is 0 Å². The molecular weight excluding hydrogens is 919 g/mol. The molecule has 0 saturated heterocycles. The van der Waals surface area contributed by atoms with Gasteiger partial charge in [-0.15, -0.1) is 0 Å². The molecule has 3 nitrogen and oxygen atoms in total. The molecule has 76 heavy (non-hydrogen) atoms. The van der Waals surface area contributed by atoms with Gasteiger partial charge in [0.1, 0.15) is 0 Å². The highest BCUT2D eigenvalue weighted by atomic mass is 15.1. The maximum Gasteiger partial charge on any atom is 0.0754 e. The number of hydrogen-bond donors (Lipinski definition) is 0. The van der Waals surface area contributed by atoms with Crippen LogP contribution >= 0.6 is 0 Å². The molecule has 0 saturated carbocycles. The Hall–Kier alpha value is -9.96. The summed E-state index contributed by atoms with van der Waals surface area (Å²) in [5.74, 6) is 0. The number of anilines is 3. The van der Waals surface area contributed by atoms with Crippen molar-refractivity contribution in [3.05, 3.63) is 307 Å². The zero-order valence-electron chi connectivity index (χ0n) is 41.5. The zero-order valence-corrected chi connectivity index (χ0v) is 41.5. The Morgan fingerprint density at radius 1 is 0.276 bits per heavy atom. The number of benzene rings is 12. The highest BCUT2D eigenvalue weighted by Gasteiger charge is 2.51. The van der Waals surface area contributed by atoms with Gasteiger partial charge in [0.2, 0.25) is 0 Å². The van der Waals surface area contributed by atoms with Crippen LogP contribution in [0.5, 0.6) is 0 Å². The molecule has 2 aromatic heterocycles. The predicted octanol–water partition coefficient (Wildman–Crippen LogP) is 19.0. The molecule has 14 aromatic rings. The Morgan fingerprint density at radius 3 is 1.47 bits per heavy atom. The van der Waals surface area contributed by atoms with Crippen molar-refractivity contribution in [3.63, 3.8) is 0 Å². The fraction of sp³-hybridized carbons (Fsp3) is 0.0137. The largest absolute Gasteiger partial charge is 0.309 e. The molecule has 1 unspecified atom stereocenters. The van der Waals surface area contributed by atoms with Crippen LogP contribution in [0.3, 0.4) is 0 Å². The molecule has 1 atom stereocenters. The van der Waals surface area contributed by atoms with Crippen molar-refractivity contribution in [2.75, 3.05) is 4.90 Å². The molecule has 12 aromatic carbocycles. The quantitative estimate of drug-likeness (QED) is 0.155. The number of hydrogen-bond acceptors (Lipinski definition) is 1. The SMILES string of the molecule is c1ccc(-c2cccc(-c3ccccc3N(c3ccc(-n4c5ccccc5c5ccccc54)cc3)c3ccccc3-c3ccc4c(c3)C3(c5ccccc5-4)c4ccccc4-n4c5ccccc5c5cccc3c54)c2)cc1. The number of nitrogens with zero attached hydrogens (tertiary/aromatic N) is 3. The second-order valence-electron chi connectivity index (χ2n) is 20.3. The Labute approximate surface area is 441 Å². The smallest absolute Gasteiger partial charge is 0.0754 e. The van der Waals surface area contributed by atoms with Gasteiger partial charge in [0.15, 0.2) is 0 Å². The van der Waals surface area contributed by atoms with Gasteiger partial charge >= 0.3 is 0 Å². The lowest BCUT2D eigenvalue weighted by atomic mass is 9.65. The van der Waals surface area contributed by atoms with Crippen molar-refractivity contribution in [2.45, 2.75) is 5.41 Å². The van der Waals surface area contributed by atoms with E-state index in [4.69, 9.17) is 0 Å². The van der Waals surface area contributed by atoms with Crippen LogP contribution in [0.25, 0.3) is 99.5 Å². The van der Waals surface area contributed by atoms with Crippen molar-refractivity contribution in [1.82, 2.24) is 9.13 Å². The molecule has 0 fully saturated rings. The minimum absolute atomic E-state index is 0.573. The van der Waals surface area contributed by atoms with Crippen molar-refractivity contribution in [3.8, 4) is 55.9 Å². The monoisotopic (exact) mass is 965 g/mol. The highest BCUT2D eigenvalue weighted by Crippen LogP contribution is 2.62. The van der Waals surface area contributed by atoms with Gasteiger partial charge in [0.05, 0.1) is 44.5 Å². The van der Waals surface area contributed by atoms with Crippen LogP contribution in [0.2, 0.25) is 0 Å². The molecule has 2 aliphatic rings. The van der Waals surface area contributed by atoms with Gasteiger partial charge < -0.3 is 14.0 Å². The summed E-state index contributed by atoms with van der Waals surface area (Å²) in [5, 5.41) is 5.05. The maximum atomic E-state index is 2.53. The maximum absolute atomic E-state index is 2.53. The molecule has 0 amide bonds. The second-order valence-corrected chi connectivity index (χ2v) is 20.3. The third kappa shape index (κ3) is 5.99. The summed E-state index contributed by atoms with van der Waals surface area (Å²) >= 11 is 0. The van der Waals surface area contributed by atoms with E-state index in [1.165, 1.54) is 93.8 Å². The Morgan fingerprint density at radius 2 is 0.763 bits per heavy atom. The van der Waals surface area contributed by atoms with Crippen molar-refractivity contribution >= 4 is 60.7 Å². The first-order valence-corrected chi connectivity index (χ1v) is 26.3. The number of rotatable bonds is 7. The molecule has 0 N–H and O–H groups in total. The van der Waals surface area contributed by atoms with Gasteiger partial charge in [-0.25, -0.2) is 0 Å². The van der Waals surface area contributed by atoms with Crippen LogP contribution in [0.1, 0.15) is 22.3 Å². The topological polar surface area (TPSA) is 13.1 Å². The first-order valence-electron chi connectivity index (χ1n) is 26.3.